The summed E-state index contributed by atoms with van der Waals surface area (Å²) in [6.45, 7) is 0. The fraction of sp³-hybridized carbons (Fsp3) is 0. The van der Waals surface area contributed by atoms with Crippen LogP contribution in [-0.4, -0.2) is 0 Å². The van der Waals surface area contributed by atoms with E-state index < -0.39 is 17.5 Å². The predicted octanol–water partition coefficient (Wildman–Crippen LogP) is 3.35. The SMILES string of the molecule is Nc1c(F)cc(F)cc1-c1ccccc1F. The molecule has 0 aliphatic heterocycles. The molecule has 0 aliphatic carbocycles. The van der Waals surface area contributed by atoms with Crippen LogP contribution < -0.4 is 5.73 Å². The van der Waals surface area contributed by atoms with Gasteiger partial charge in [0.05, 0.1) is 5.69 Å². The number of halogens is 3. The van der Waals surface area contributed by atoms with Crippen LogP contribution in [-0.2, 0) is 0 Å². The third-order valence-corrected chi connectivity index (χ3v) is 2.26. The van der Waals surface area contributed by atoms with Gasteiger partial charge in [0.25, 0.3) is 0 Å². The molecule has 0 bridgehead atoms. The lowest BCUT2D eigenvalue weighted by molar-refractivity contribution is 0.586. The van der Waals surface area contributed by atoms with Crippen LogP contribution in [0.5, 0.6) is 0 Å². The van der Waals surface area contributed by atoms with Gasteiger partial charge in [-0.3, -0.25) is 0 Å². The summed E-state index contributed by atoms with van der Waals surface area (Å²) >= 11 is 0. The molecular formula is C12H8F3N. The van der Waals surface area contributed by atoms with Crippen molar-refractivity contribution in [2.45, 2.75) is 0 Å². The molecule has 0 unspecified atom stereocenters. The molecule has 16 heavy (non-hydrogen) atoms. The Hall–Kier alpha value is -1.97. The van der Waals surface area contributed by atoms with Crippen molar-refractivity contribution in [3.05, 3.63) is 53.8 Å². The van der Waals surface area contributed by atoms with Crippen LogP contribution in [0.2, 0.25) is 0 Å². The molecule has 0 aliphatic rings. The Bertz CT molecular complexity index is 538. The third kappa shape index (κ3) is 1.74. The number of hydrogen-bond donors (Lipinski definition) is 1. The molecule has 2 rings (SSSR count). The zero-order valence-electron chi connectivity index (χ0n) is 8.18. The van der Waals surface area contributed by atoms with Gasteiger partial charge in [-0.1, -0.05) is 18.2 Å². The minimum atomic E-state index is -0.891. The third-order valence-electron chi connectivity index (χ3n) is 2.26. The Kier molecular flexibility index (Phi) is 2.56. The van der Waals surface area contributed by atoms with Gasteiger partial charge in [0.1, 0.15) is 17.5 Å². The van der Waals surface area contributed by atoms with Crippen LogP contribution in [0.1, 0.15) is 0 Å². The first kappa shape index (κ1) is 10.5. The van der Waals surface area contributed by atoms with Crippen molar-refractivity contribution in [3.63, 3.8) is 0 Å². The number of rotatable bonds is 1. The first-order valence-electron chi connectivity index (χ1n) is 4.59. The lowest BCUT2D eigenvalue weighted by Crippen LogP contribution is -1.97. The summed E-state index contributed by atoms with van der Waals surface area (Å²) in [5, 5.41) is 0. The smallest absolute Gasteiger partial charge is 0.149 e. The van der Waals surface area contributed by atoms with Crippen LogP contribution in [0.25, 0.3) is 11.1 Å². The maximum Gasteiger partial charge on any atom is 0.149 e. The van der Waals surface area contributed by atoms with Crippen molar-refractivity contribution in [3.8, 4) is 11.1 Å². The topological polar surface area (TPSA) is 26.0 Å². The van der Waals surface area contributed by atoms with Crippen molar-refractivity contribution >= 4 is 5.69 Å². The maximum atomic E-state index is 13.4. The van der Waals surface area contributed by atoms with Crippen LogP contribution >= 0.6 is 0 Å². The summed E-state index contributed by atoms with van der Waals surface area (Å²) in [7, 11) is 0. The molecule has 82 valence electrons. The molecular weight excluding hydrogens is 215 g/mol. The highest BCUT2D eigenvalue weighted by atomic mass is 19.1. The summed E-state index contributed by atoms with van der Waals surface area (Å²) in [5.74, 6) is -2.25. The Labute approximate surface area is 90.3 Å². The Balaban J connectivity index is 2.69. The molecule has 0 saturated heterocycles. The number of anilines is 1. The van der Waals surface area contributed by atoms with Gasteiger partial charge in [0.15, 0.2) is 0 Å². The van der Waals surface area contributed by atoms with Crippen LogP contribution in [0, 0.1) is 17.5 Å². The molecule has 2 aromatic carbocycles. The number of hydrogen-bond acceptors (Lipinski definition) is 1. The predicted molar refractivity (Wildman–Crippen MR) is 56.2 cm³/mol. The van der Waals surface area contributed by atoms with E-state index in [-0.39, 0.29) is 16.8 Å². The monoisotopic (exact) mass is 223 g/mol. The summed E-state index contributed by atoms with van der Waals surface area (Å²) < 4.78 is 39.6. The molecule has 4 heteroatoms. The number of nitrogens with two attached hydrogens (primary N) is 1. The highest BCUT2D eigenvalue weighted by Gasteiger charge is 2.12. The maximum absolute atomic E-state index is 13.4. The fourth-order valence-corrected chi connectivity index (χ4v) is 1.49. The van der Waals surface area contributed by atoms with E-state index in [9.17, 15) is 13.2 Å². The summed E-state index contributed by atoms with van der Waals surface area (Å²) in [4.78, 5) is 0. The molecule has 0 heterocycles. The van der Waals surface area contributed by atoms with Crippen LogP contribution in [0.3, 0.4) is 0 Å². The lowest BCUT2D eigenvalue weighted by atomic mass is 10.0. The van der Waals surface area contributed by atoms with Crippen molar-refractivity contribution in [1.29, 1.82) is 0 Å². The molecule has 2 aromatic rings. The molecule has 0 saturated carbocycles. The second-order valence-corrected chi connectivity index (χ2v) is 3.33. The van der Waals surface area contributed by atoms with Crippen molar-refractivity contribution < 1.29 is 13.2 Å². The van der Waals surface area contributed by atoms with Gasteiger partial charge in [-0.2, -0.15) is 0 Å². The normalized spacial score (nSPS) is 10.4. The van der Waals surface area contributed by atoms with E-state index in [0.29, 0.717) is 6.07 Å². The van der Waals surface area contributed by atoms with Gasteiger partial charge in [-0.25, -0.2) is 13.2 Å². The second-order valence-electron chi connectivity index (χ2n) is 3.33. The molecule has 0 aromatic heterocycles. The van der Waals surface area contributed by atoms with Crippen molar-refractivity contribution in [2.75, 3.05) is 5.73 Å². The Morgan fingerprint density at radius 2 is 1.50 bits per heavy atom. The van der Waals surface area contributed by atoms with Gasteiger partial charge >= 0.3 is 0 Å². The second kappa shape index (κ2) is 3.89. The summed E-state index contributed by atoms with van der Waals surface area (Å²) in [6, 6.07) is 7.36. The Morgan fingerprint density at radius 1 is 0.812 bits per heavy atom. The minimum absolute atomic E-state index is 0.0237. The molecule has 0 fully saturated rings. The van der Waals surface area contributed by atoms with E-state index in [2.05, 4.69) is 0 Å². The van der Waals surface area contributed by atoms with Gasteiger partial charge in [-0.05, 0) is 12.1 Å². The van der Waals surface area contributed by atoms with E-state index in [0.717, 1.165) is 6.07 Å². The highest BCUT2D eigenvalue weighted by Crippen LogP contribution is 2.30. The average Bonchev–Trinajstić information content (AvgIpc) is 2.24. The minimum Gasteiger partial charge on any atom is -0.396 e. The largest absolute Gasteiger partial charge is 0.396 e. The van der Waals surface area contributed by atoms with E-state index >= 15 is 0 Å². The van der Waals surface area contributed by atoms with E-state index in [1.807, 2.05) is 0 Å². The first-order valence-corrected chi connectivity index (χ1v) is 4.59. The van der Waals surface area contributed by atoms with Gasteiger partial charge in [-0.15, -0.1) is 0 Å². The standard InChI is InChI=1S/C12H8F3N/c13-7-5-9(12(16)11(15)6-7)8-3-1-2-4-10(8)14/h1-6H,16H2. The van der Waals surface area contributed by atoms with E-state index in [1.54, 1.807) is 6.07 Å². The van der Waals surface area contributed by atoms with Crippen molar-refractivity contribution in [2.24, 2.45) is 0 Å². The summed E-state index contributed by atoms with van der Waals surface area (Å²) in [6.07, 6.45) is 0. The van der Waals surface area contributed by atoms with Crippen molar-refractivity contribution in [1.82, 2.24) is 0 Å². The van der Waals surface area contributed by atoms with Crippen LogP contribution in [0.4, 0.5) is 18.9 Å². The quantitative estimate of drug-likeness (QED) is 0.737. The van der Waals surface area contributed by atoms with Crippen LogP contribution in [0.15, 0.2) is 36.4 Å². The highest BCUT2D eigenvalue weighted by molar-refractivity contribution is 5.77. The molecule has 0 spiro atoms. The van der Waals surface area contributed by atoms with Gasteiger partial charge < -0.3 is 5.73 Å². The zero-order valence-corrected chi connectivity index (χ0v) is 8.18. The van der Waals surface area contributed by atoms with E-state index in [1.165, 1.54) is 18.2 Å². The zero-order chi connectivity index (χ0) is 11.7. The Morgan fingerprint density at radius 3 is 2.19 bits per heavy atom. The molecule has 1 nitrogen and oxygen atoms in total. The molecule has 0 radical (unpaired) electrons. The summed E-state index contributed by atoms with van der Waals surface area (Å²) in [5.41, 5.74) is 5.29. The average molecular weight is 223 g/mol. The molecule has 0 atom stereocenters. The van der Waals surface area contributed by atoms with Gasteiger partial charge in [0.2, 0.25) is 0 Å². The molecule has 2 N–H and O–H groups in total. The fourth-order valence-electron chi connectivity index (χ4n) is 1.49. The molecule has 0 amide bonds. The lowest BCUT2D eigenvalue weighted by Gasteiger charge is -2.08. The van der Waals surface area contributed by atoms with Gasteiger partial charge in [0, 0.05) is 17.2 Å². The first-order chi connectivity index (χ1) is 7.59. The number of benzene rings is 2. The van der Waals surface area contributed by atoms with E-state index in [4.69, 9.17) is 5.73 Å². The number of nitrogen functional groups attached to an aromatic ring is 1.